The first-order valence-corrected chi connectivity index (χ1v) is 10.6. The van der Waals surface area contributed by atoms with Crippen LogP contribution in [0, 0.1) is 11.3 Å². The second kappa shape index (κ2) is 8.55. The molecule has 5 N–H and O–H groups in total. The molecule has 3 aromatic rings. The van der Waals surface area contributed by atoms with Gasteiger partial charge in [-0.1, -0.05) is 11.6 Å². The number of allylic oxidation sites excluding steroid dienone is 2. The molecule has 0 saturated heterocycles. The highest BCUT2D eigenvalue weighted by molar-refractivity contribution is 6.45. The number of carbonyl (C=O) groups excluding carboxylic acids is 2. The number of aromatic nitrogens is 3. The molecule has 1 fully saturated rings. The molecule has 0 spiro atoms. The molecule has 0 radical (unpaired) electrons. The van der Waals surface area contributed by atoms with E-state index in [4.69, 9.17) is 22.7 Å². The number of ketones is 1. The van der Waals surface area contributed by atoms with Gasteiger partial charge < -0.3 is 16.0 Å². The zero-order chi connectivity index (χ0) is 23.0. The number of anilines is 1. The fourth-order valence-electron chi connectivity index (χ4n) is 3.29. The smallest absolute Gasteiger partial charge is 0.228 e. The monoisotopic (exact) mass is 450 g/mol. The minimum atomic E-state index is -0.322. The summed E-state index contributed by atoms with van der Waals surface area (Å²) in [5, 5.41) is 12.0. The Morgan fingerprint density at radius 2 is 2.03 bits per heavy atom. The third-order valence-corrected chi connectivity index (χ3v) is 5.89. The van der Waals surface area contributed by atoms with E-state index >= 15 is 0 Å². The first kappa shape index (κ1) is 21.7. The van der Waals surface area contributed by atoms with E-state index in [-0.39, 0.29) is 29.7 Å². The number of carbonyl (C=O) groups is 2. The normalized spacial score (nSPS) is 14.2. The molecule has 0 aromatic carbocycles. The van der Waals surface area contributed by atoms with Gasteiger partial charge in [-0.15, -0.1) is 0 Å². The lowest BCUT2D eigenvalue weighted by Crippen LogP contribution is -2.19. The highest BCUT2D eigenvalue weighted by Gasteiger charge is 2.30. The fraction of sp³-hybridized carbons (Fsp3) is 0.261. The van der Waals surface area contributed by atoms with Crippen LogP contribution in [0.3, 0.4) is 0 Å². The van der Waals surface area contributed by atoms with Crippen LogP contribution < -0.4 is 11.1 Å². The highest BCUT2D eigenvalue weighted by atomic mass is 35.5. The quantitative estimate of drug-likeness (QED) is 0.403. The van der Waals surface area contributed by atoms with E-state index in [9.17, 15) is 9.59 Å². The number of hydrogen-bond acceptors (Lipinski definition) is 6. The van der Waals surface area contributed by atoms with E-state index in [1.54, 1.807) is 32.3 Å². The van der Waals surface area contributed by atoms with E-state index in [0.717, 1.165) is 23.9 Å². The lowest BCUT2D eigenvalue weighted by atomic mass is 10.0. The van der Waals surface area contributed by atoms with E-state index in [1.807, 2.05) is 12.1 Å². The van der Waals surface area contributed by atoms with Crippen molar-refractivity contribution in [1.82, 2.24) is 15.0 Å². The second-order valence-corrected chi connectivity index (χ2v) is 8.41. The summed E-state index contributed by atoms with van der Waals surface area (Å²) in [4.78, 5) is 36.3. The molecule has 3 aromatic heterocycles. The molecule has 1 saturated carbocycles. The molecule has 1 aliphatic carbocycles. The average Bonchev–Trinajstić information content (AvgIpc) is 3.53. The molecule has 4 rings (SSSR count). The van der Waals surface area contributed by atoms with Crippen molar-refractivity contribution in [1.29, 1.82) is 5.41 Å². The topological polar surface area (TPSA) is 138 Å². The molecule has 0 atom stereocenters. The van der Waals surface area contributed by atoms with E-state index < -0.39 is 0 Å². The van der Waals surface area contributed by atoms with Crippen LogP contribution in [0.15, 0.2) is 41.9 Å². The summed E-state index contributed by atoms with van der Waals surface area (Å²) in [6.45, 7) is 3.33. The summed E-state index contributed by atoms with van der Waals surface area (Å²) in [7, 11) is 0. The maximum atomic E-state index is 12.4. The van der Waals surface area contributed by atoms with Gasteiger partial charge in [0.25, 0.3) is 0 Å². The molecular formula is C23H23ClN6O2. The lowest BCUT2D eigenvalue weighted by Gasteiger charge is -2.08. The van der Waals surface area contributed by atoms with Gasteiger partial charge in [0.2, 0.25) is 5.91 Å². The number of pyridine rings is 2. The van der Waals surface area contributed by atoms with Gasteiger partial charge >= 0.3 is 0 Å². The third kappa shape index (κ3) is 4.40. The molecule has 3 heterocycles. The number of Topliss-reactive ketones (excluding diaryl/α,β-unsaturated/α-hetero) is 1. The van der Waals surface area contributed by atoms with Gasteiger partial charge in [-0.05, 0) is 56.0 Å². The summed E-state index contributed by atoms with van der Waals surface area (Å²) >= 11 is 6.53. The Kier molecular flexibility index (Phi) is 5.80. The van der Waals surface area contributed by atoms with Gasteiger partial charge in [0.1, 0.15) is 11.4 Å². The van der Waals surface area contributed by atoms with Gasteiger partial charge in [0.15, 0.2) is 11.6 Å². The SMILES string of the molecule is C/C(N)=C(\C)C(=N)C(=O)Cc1cnc2[nH]c(-c3ccnc(NC(=O)C4CC4)c3Cl)cc2c1. The number of hydrogen-bond donors (Lipinski definition) is 4. The summed E-state index contributed by atoms with van der Waals surface area (Å²) in [6.07, 6.45) is 5.04. The number of halogens is 1. The molecule has 0 unspecified atom stereocenters. The Hall–Kier alpha value is -3.52. The van der Waals surface area contributed by atoms with Crippen molar-refractivity contribution in [3.05, 3.63) is 52.4 Å². The third-order valence-electron chi connectivity index (χ3n) is 5.51. The molecule has 32 heavy (non-hydrogen) atoms. The summed E-state index contributed by atoms with van der Waals surface area (Å²) < 4.78 is 0. The summed E-state index contributed by atoms with van der Waals surface area (Å²) in [6, 6.07) is 5.49. The van der Waals surface area contributed by atoms with Gasteiger partial charge in [-0.2, -0.15) is 0 Å². The number of nitrogens with zero attached hydrogens (tertiary/aromatic N) is 2. The zero-order valence-electron chi connectivity index (χ0n) is 17.8. The summed E-state index contributed by atoms with van der Waals surface area (Å²) in [5.41, 5.74) is 9.27. The second-order valence-electron chi connectivity index (χ2n) is 8.03. The molecular weight excluding hydrogens is 428 g/mol. The molecule has 0 aliphatic heterocycles. The van der Waals surface area contributed by atoms with Crippen LogP contribution in [-0.2, 0) is 16.0 Å². The number of fused-ring (bicyclic) bond motifs is 1. The maximum Gasteiger partial charge on any atom is 0.228 e. The standard InChI is InChI=1S/C23H23ClN6O2/c1-11(12(2)25)20(26)18(31)8-13-7-15-9-17(29-21(15)28-10-13)16-5-6-27-22(19(16)24)30-23(32)14-3-4-14/h5-7,9-10,14,26H,3-4,8,25H2,1-2H3,(H,28,29)(H,27,30,32)/b12-11-,26-20?. The first-order valence-electron chi connectivity index (χ1n) is 10.2. The largest absolute Gasteiger partial charge is 0.402 e. The predicted molar refractivity (Wildman–Crippen MR) is 125 cm³/mol. The van der Waals surface area contributed by atoms with Crippen molar-refractivity contribution < 1.29 is 9.59 Å². The van der Waals surface area contributed by atoms with Crippen LogP contribution in [0.5, 0.6) is 0 Å². The Morgan fingerprint density at radius 1 is 1.28 bits per heavy atom. The van der Waals surface area contributed by atoms with Gasteiger partial charge in [-0.25, -0.2) is 9.97 Å². The molecule has 8 nitrogen and oxygen atoms in total. The van der Waals surface area contributed by atoms with Gasteiger partial charge in [-0.3, -0.25) is 15.0 Å². The minimum Gasteiger partial charge on any atom is -0.402 e. The number of rotatable bonds is 7. The Bertz CT molecular complexity index is 1280. The van der Waals surface area contributed by atoms with E-state index in [1.165, 1.54) is 0 Å². The summed E-state index contributed by atoms with van der Waals surface area (Å²) in [5.74, 6) is -0.0114. The average molecular weight is 451 g/mol. The molecule has 1 aliphatic rings. The Morgan fingerprint density at radius 3 is 2.72 bits per heavy atom. The van der Waals surface area contributed by atoms with E-state index in [2.05, 4.69) is 20.3 Å². The van der Waals surface area contributed by atoms with Crippen molar-refractivity contribution in [2.24, 2.45) is 11.7 Å². The molecule has 1 amide bonds. The van der Waals surface area contributed by atoms with Crippen LogP contribution in [0.25, 0.3) is 22.3 Å². The van der Waals surface area contributed by atoms with Gasteiger partial charge in [0.05, 0.1) is 5.02 Å². The first-order chi connectivity index (χ1) is 15.2. The maximum absolute atomic E-state index is 12.4. The van der Waals surface area contributed by atoms with E-state index in [0.29, 0.717) is 38.9 Å². The highest BCUT2D eigenvalue weighted by Crippen LogP contribution is 2.35. The van der Waals surface area contributed by atoms with Crippen LogP contribution in [-0.4, -0.2) is 32.4 Å². The zero-order valence-corrected chi connectivity index (χ0v) is 18.5. The Balaban J connectivity index is 1.58. The van der Waals surface area contributed by atoms with Crippen LogP contribution in [0.4, 0.5) is 5.82 Å². The van der Waals surface area contributed by atoms with Crippen molar-refractivity contribution in [2.75, 3.05) is 5.32 Å². The molecule has 164 valence electrons. The van der Waals surface area contributed by atoms with Crippen molar-refractivity contribution in [3.8, 4) is 11.3 Å². The fourth-order valence-corrected chi connectivity index (χ4v) is 3.55. The van der Waals surface area contributed by atoms with Crippen LogP contribution in [0.1, 0.15) is 32.3 Å². The lowest BCUT2D eigenvalue weighted by molar-refractivity contribution is -0.117. The minimum absolute atomic E-state index is 0.0458. The van der Waals surface area contributed by atoms with Crippen LogP contribution >= 0.6 is 11.6 Å². The number of H-pyrrole nitrogens is 1. The number of amides is 1. The predicted octanol–water partition coefficient (Wildman–Crippen LogP) is 4.01. The number of nitrogens with two attached hydrogens (primary N) is 1. The van der Waals surface area contributed by atoms with Crippen molar-refractivity contribution >= 4 is 45.9 Å². The molecule has 0 bridgehead atoms. The van der Waals surface area contributed by atoms with Crippen molar-refractivity contribution in [2.45, 2.75) is 33.1 Å². The number of nitrogens with one attached hydrogen (secondary N) is 3. The Labute approximate surface area is 189 Å². The van der Waals surface area contributed by atoms with Crippen molar-refractivity contribution in [3.63, 3.8) is 0 Å². The van der Waals surface area contributed by atoms with Gasteiger partial charge in [0, 0.05) is 47.1 Å². The number of aromatic amines is 1. The molecule has 9 heteroatoms. The van der Waals surface area contributed by atoms with Crippen LogP contribution in [0.2, 0.25) is 5.02 Å².